The molecule has 152 valence electrons. The summed E-state index contributed by atoms with van der Waals surface area (Å²) >= 11 is 0. The molecule has 1 N–H and O–H groups in total. The average Bonchev–Trinajstić information content (AvgIpc) is 3.16. The highest BCUT2D eigenvalue weighted by atomic mass is 19.1. The van der Waals surface area contributed by atoms with Crippen LogP contribution in [0.1, 0.15) is 23.1 Å². The third-order valence-electron chi connectivity index (χ3n) is 4.92. The number of halogens is 1. The lowest BCUT2D eigenvalue weighted by atomic mass is 10.1. The summed E-state index contributed by atoms with van der Waals surface area (Å²) < 4.78 is 14.2. The maximum absolute atomic E-state index is 14.2. The zero-order valence-electron chi connectivity index (χ0n) is 16.8. The Morgan fingerprint density at radius 2 is 1.86 bits per heavy atom. The molecule has 6 heteroatoms. The van der Waals surface area contributed by atoms with Gasteiger partial charge < -0.3 is 10.0 Å². The van der Waals surface area contributed by atoms with E-state index in [-0.39, 0.29) is 11.6 Å². The molecule has 28 heavy (non-hydrogen) atoms. The lowest BCUT2D eigenvalue weighted by molar-refractivity contribution is -0.117. The van der Waals surface area contributed by atoms with E-state index in [1.165, 1.54) is 23.3 Å². The van der Waals surface area contributed by atoms with Crippen LogP contribution in [0, 0.1) is 5.82 Å². The number of phenolic OH excluding ortho intramolecular Hbond substituents is 1. The molecule has 0 atom stereocenters. The number of phenols is 1. The van der Waals surface area contributed by atoms with Crippen molar-refractivity contribution in [3.8, 4) is 5.75 Å². The Balaban J connectivity index is 1.71. The predicted octanol–water partition coefficient (Wildman–Crippen LogP) is 3.23. The standard InChI is InChI=1S/C22H30FN3O2/c1-24(2)11-12-25(17-20-21(23)8-4-9-22(20)27)15-18-6-3-7-19(14-18)16-26-10-5-13-28-26/h3-4,6-9,14,27H,5,10-13,15-17H2,1-2H3. The first-order valence-corrected chi connectivity index (χ1v) is 9.80. The molecule has 2 aromatic carbocycles. The first-order valence-electron chi connectivity index (χ1n) is 9.80. The molecule has 3 rings (SSSR count). The number of hydrogen-bond donors (Lipinski definition) is 1. The van der Waals surface area contributed by atoms with Crippen LogP contribution in [-0.4, -0.2) is 60.3 Å². The summed E-state index contributed by atoms with van der Waals surface area (Å²) in [6.45, 7) is 5.23. The average molecular weight is 387 g/mol. The summed E-state index contributed by atoms with van der Waals surface area (Å²) in [5, 5.41) is 12.1. The van der Waals surface area contributed by atoms with Crippen molar-refractivity contribution in [3.63, 3.8) is 0 Å². The van der Waals surface area contributed by atoms with Gasteiger partial charge in [-0.1, -0.05) is 30.3 Å². The molecule has 1 heterocycles. The molecule has 1 aliphatic rings. The minimum atomic E-state index is -0.366. The van der Waals surface area contributed by atoms with E-state index >= 15 is 0 Å². The minimum absolute atomic E-state index is 0.00906. The van der Waals surface area contributed by atoms with Gasteiger partial charge in [-0.15, -0.1) is 0 Å². The van der Waals surface area contributed by atoms with E-state index in [0.717, 1.165) is 39.2 Å². The van der Waals surface area contributed by atoms with Crippen LogP contribution >= 0.6 is 0 Å². The van der Waals surface area contributed by atoms with Crippen molar-refractivity contribution in [2.24, 2.45) is 0 Å². The second kappa shape index (κ2) is 9.98. The van der Waals surface area contributed by atoms with Gasteiger partial charge in [-0.3, -0.25) is 9.74 Å². The van der Waals surface area contributed by atoms with Crippen LogP contribution < -0.4 is 0 Å². The second-order valence-corrected chi connectivity index (χ2v) is 7.62. The van der Waals surface area contributed by atoms with Gasteiger partial charge in [0.1, 0.15) is 11.6 Å². The maximum atomic E-state index is 14.2. The normalized spacial score (nSPS) is 15.0. The molecule has 0 amide bonds. The zero-order valence-corrected chi connectivity index (χ0v) is 16.8. The van der Waals surface area contributed by atoms with Gasteiger partial charge >= 0.3 is 0 Å². The Morgan fingerprint density at radius 3 is 2.57 bits per heavy atom. The van der Waals surface area contributed by atoms with E-state index in [1.807, 2.05) is 19.2 Å². The van der Waals surface area contributed by atoms with Crippen LogP contribution in [0.3, 0.4) is 0 Å². The minimum Gasteiger partial charge on any atom is -0.508 e. The molecule has 0 aliphatic carbocycles. The van der Waals surface area contributed by atoms with E-state index in [1.54, 1.807) is 6.07 Å². The smallest absolute Gasteiger partial charge is 0.131 e. The first-order chi connectivity index (χ1) is 13.5. The Bertz CT molecular complexity index is 743. The molecule has 5 nitrogen and oxygen atoms in total. The quantitative estimate of drug-likeness (QED) is 0.715. The maximum Gasteiger partial charge on any atom is 0.131 e. The summed E-state index contributed by atoms with van der Waals surface area (Å²) in [6, 6.07) is 12.9. The number of rotatable bonds is 9. The van der Waals surface area contributed by atoms with Gasteiger partial charge in [0, 0.05) is 44.8 Å². The molecule has 2 aromatic rings. The van der Waals surface area contributed by atoms with Crippen LogP contribution in [0.5, 0.6) is 5.75 Å². The van der Waals surface area contributed by atoms with Crippen LogP contribution in [-0.2, 0) is 24.5 Å². The van der Waals surface area contributed by atoms with Crippen molar-refractivity contribution >= 4 is 0 Å². The van der Waals surface area contributed by atoms with E-state index < -0.39 is 0 Å². The summed E-state index contributed by atoms with van der Waals surface area (Å²) in [6.07, 6.45) is 1.07. The van der Waals surface area contributed by atoms with Gasteiger partial charge in [0.2, 0.25) is 0 Å². The van der Waals surface area contributed by atoms with E-state index in [0.29, 0.717) is 18.7 Å². The predicted molar refractivity (Wildman–Crippen MR) is 108 cm³/mol. The van der Waals surface area contributed by atoms with Gasteiger partial charge in [-0.05, 0) is 43.8 Å². The van der Waals surface area contributed by atoms with Crippen molar-refractivity contribution in [3.05, 3.63) is 65.0 Å². The third kappa shape index (κ3) is 6.01. The fraction of sp³-hybridized carbons (Fsp3) is 0.455. The second-order valence-electron chi connectivity index (χ2n) is 7.62. The van der Waals surface area contributed by atoms with Gasteiger partial charge in [0.25, 0.3) is 0 Å². The zero-order chi connectivity index (χ0) is 19.9. The Morgan fingerprint density at radius 1 is 1.07 bits per heavy atom. The summed E-state index contributed by atoms with van der Waals surface area (Å²) in [4.78, 5) is 9.87. The van der Waals surface area contributed by atoms with Gasteiger partial charge in [0.15, 0.2) is 0 Å². The lowest BCUT2D eigenvalue weighted by Gasteiger charge is -2.25. The molecule has 0 radical (unpaired) electrons. The first kappa shape index (κ1) is 20.7. The highest BCUT2D eigenvalue weighted by Crippen LogP contribution is 2.23. The van der Waals surface area contributed by atoms with E-state index in [9.17, 15) is 9.50 Å². The molecule has 1 saturated heterocycles. The fourth-order valence-corrected chi connectivity index (χ4v) is 3.39. The molecule has 1 aliphatic heterocycles. The number of likely N-dealkylation sites (N-methyl/N-ethyl adjacent to an activating group) is 1. The summed E-state index contributed by atoms with van der Waals surface area (Å²) in [5.74, 6) is -0.357. The van der Waals surface area contributed by atoms with Crippen LogP contribution in [0.2, 0.25) is 0 Å². The largest absolute Gasteiger partial charge is 0.508 e. The van der Waals surface area contributed by atoms with E-state index in [2.05, 4.69) is 34.1 Å². The highest BCUT2D eigenvalue weighted by Gasteiger charge is 2.16. The summed E-state index contributed by atoms with van der Waals surface area (Å²) in [5.41, 5.74) is 2.73. The van der Waals surface area contributed by atoms with Gasteiger partial charge in [0.05, 0.1) is 6.61 Å². The Kier molecular flexibility index (Phi) is 7.39. The molecular formula is C22H30FN3O2. The Hall–Kier alpha value is -1.99. The van der Waals surface area contributed by atoms with Crippen molar-refractivity contribution < 1.29 is 14.3 Å². The van der Waals surface area contributed by atoms with Crippen molar-refractivity contribution in [1.29, 1.82) is 0 Å². The van der Waals surface area contributed by atoms with Gasteiger partial charge in [-0.25, -0.2) is 4.39 Å². The van der Waals surface area contributed by atoms with Crippen molar-refractivity contribution in [2.75, 3.05) is 40.3 Å². The monoisotopic (exact) mass is 387 g/mol. The molecule has 1 fully saturated rings. The molecule has 0 saturated carbocycles. The SMILES string of the molecule is CN(C)CCN(Cc1cccc(CN2CCCO2)c1)Cc1c(O)cccc1F. The van der Waals surface area contributed by atoms with E-state index in [4.69, 9.17) is 4.84 Å². The number of hydroxylamine groups is 2. The highest BCUT2D eigenvalue weighted by molar-refractivity contribution is 5.33. The lowest BCUT2D eigenvalue weighted by Crippen LogP contribution is -2.31. The van der Waals surface area contributed by atoms with Crippen molar-refractivity contribution in [1.82, 2.24) is 14.9 Å². The van der Waals surface area contributed by atoms with Crippen molar-refractivity contribution in [2.45, 2.75) is 26.1 Å². The Labute approximate surface area is 166 Å². The number of aromatic hydroxyl groups is 1. The molecule has 0 spiro atoms. The third-order valence-corrected chi connectivity index (χ3v) is 4.92. The fourth-order valence-electron chi connectivity index (χ4n) is 3.39. The molecule has 0 bridgehead atoms. The molecular weight excluding hydrogens is 357 g/mol. The molecule has 0 unspecified atom stereocenters. The topological polar surface area (TPSA) is 39.2 Å². The number of benzene rings is 2. The number of hydrogen-bond acceptors (Lipinski definition) is 5. The van der Waals surface area contributed by atoms with Crippen LogP contribution in [0.25, 0.3) is 0 Å². The number of nitrogens with zero attached hydrogens (tertiary/aromatic N) is 3. The van der Waals surface area contributed by atoms with Crippen LogP contribution in [0.15, 0.2) is 42.5 Å². The summed E-state index contributed by atoms with van der Waals surface area (Å²) in [7, 11) is 4.05. The van der Waals surface area contributed by atoms with Gasteiger partial charge in [-0.2, -0.15) is 5.06 Å². The van der Waals surface area contributed by atoms with Crippen LogP contribution in [0.4, 0.5) is 4.39 Å². The molecule has 0 aromatic heterocycles.